The average molecular weight is 268 g/mol. The number of rotatable bonds is 0. The van der Waals surface area contributed by atoms with Crippen molar-refractivity contribution in [2.24, 2.45) is 0 Å². The summed E-state index contributed by atoms with van der Waals surface area (Å²) in [7, 11) is 0. The zero-order valence-electron chi connectivity index (χ0n) is 13.2. The van der Waals surface area contributed by atoms with Crippen LogP contribution in [0.15, 0.2) is 0 Å². The Hall–Kier alpha value is -0.770. The molecule has 2 bridgehead atoms. The molecule has 110 valence electrons. The maximum absolute atomic E-state index is 12.3. The molecule has 1 amide bonds. The van der Waals surface area contributed by atoms with Gasteiger partial charge in [0.2, 0.25) is 0 Å². The number of hydrogen-bond donors (Lipinski definition) is 0. The van der Waals surface area contributed by atoms with E-state index in [9.17, 15) is 4.79 Å². The van der Waals surface area contributed by atoms with Crippen molar-refractivity contribution in [2.75, 3.05) is 13.1 Å². The van der Waals surface area contributed by atoms with Crippen molar-refractivity contribution in [3.63, 3.8) is 0 Å². The van der Waals surface area contributed by atoms with Crippen LogP contribution in [0.25, 0.3) is 0 Å². The fourth-order valence-corrected chi connectivity index (χ4v) is 3.06. The van der Waals surface area contributed by atoms with E-state index in [2.05, 4.69) is 25.7 Å². The van der Waals surface area contributed by atoms with E-state index in [1.54, 1.807) is 0 Å². The van der Waals surface area contributed by atoms with Gasteiger partial charge in [0.1, 0.15) is 5.60 Å². The highest BCUT2D eigenvalue weighted by atomic mass is 16.6. The molecule has 0 radical (unpaired) electrons. The molecule has 2 aliphatic rings. The molecular formula is C15H28N2O2. The molecule has 2 aliphatic heterocycles. The molecule has 2 unspecified atom stereocenters. The summed E-state index contributed by atoms with van der Waals surface area (Å²) in [6.07, 6.45) is 2.08. The number of carbonyl (C=O) groups excluding carboxylic acids is 1. The number of fused-ring (bicyclic) bond motifs is 2. The van der Waals surface area contributed by atoms with Crippen molar-refractivity contribution in [3.8, 4) is 0 Å². The van der Waals surface area contributed by atoms with Gasteiger partial charge in [-0.15, -0.1) is 0 Å². The zero-order chi connectivity index (χ0) is 14.4. The highest BCUT2D eigenvalue weighted by Crippen LogP contribution is 2.34. The number of hydrogen-bond acceptors (Lipinski definition) is 3. The van der Waals surface area contributed by atoms with Gasteiger partial charge in [-0.1, -0.05) is 0 Å². The normalized spacial score (nSPS) is 28.6. The molecule has 4 heteroatoms. The Labute approximate surface area is 117 Å². The third-order valence-electron chi connectivity index (χ3n) is 4.04. The summed E-state index contributed by atoms with van der Waals surface area (Å²) in [5.74, 6) is 0. The maximum atomic E-state index is 12.3. The van der Waals surface area contributed by atoms with E-state index in [1.807, 2.05) is 25.7 Å². The van der Waals surface area contributed by atoms with Crippen molar-refractivity contribution in [1.29, 1.82) is 0 Å². The number of amides is 1. The van der Waals surface area contributed by atoms with Crippen molar-refractivity contribution >= 4 is 6.09 Å². The molecule has 0 aromatic rings. The molecule has 2 atom stereocenters. The number of likely N-dealkylation sites (tertiary alicyclic amines) is 1. The Kier molecular flexibility index (Phi) is 3.58. The second-order valence-corrected chi connectivity index (χ2v) is 7.85. The van der Waals surface area contributed by atoms with Gasteiger partial charge in [-0.25, -0.2) is 4.79 Å². The topological polar surface area (TPSA) is 32.8 Å². The van der Waals surface area contributed by atoms with Crippen LogP contribution in [0.5, 0.6) is 0 Å². The van der Waals surface area contributed by atoms with Gasteiger partial charge >= 0.3 is 6.09 Å². The Morgan fingerprint density at radius 3 is 1.84 bits per heavy atom. The van der Waals surface area contributed by atoms with Gasteiger partial charge < -0.3 is 4.74 Å². The van der Waals surface area contributed by atoms with Crippen molar-refractivity contribution in [1.82, 2.24) is 9.80 Å². The summed E-state index contributed by atoms with van der Waals surface area (Å²) in [5.41, 5.74) is -0.224. The molecule has 2 saturated heterocycles. The summed E-state index contributed by atoms with van der Waals surface area (Å²) in [6.45, 7) is 14.5. The third-order valence-corrected chi connectivity index (χ3v) is 4.04. The second kappa shape index (κ2) is 4.65. The molecule has 0 aromatic carbocycles. The lowest BCUT2D eigenvalue weighted by molar-refractivity contribution is -0.0196. The van der Waals surface area contributed by atoms with Crippen molar-refractivity contribution in [2.45, 2.75) is 77.6 Å². The van der Waals surface area contributed by atoms with E-state index < -0.39 is 5.60 Å². The third kappa shape index (κ3) is 3.22. The van der Waals surface area contributed by atoms with Crippen LogP contribution in [0.1, 0.15) is 54.4 Å². The van der Waals surface area contributed by atoms with E-state index in [0.717, 1.165) is 25.9 Å². The maximum Gasteiger partial charge on any atom is 0.410 e. The smallest absolute Gasteiger partial charge is 0.410 e. The van der Waals surface area contributed by atoms with Gasteiger partial charge in [0.15, 0.2) is 0 Å². The fraction of sp³-hybridized carbons (Fsp3) is 0.933. The lowest BCUT2D eigenvalue weighted by atomic mass is 10.0. The number of carbonyl (C=O) groups is 1. The van der Waals surface area contributed by atoms with Crippen LogP contribution in [0.3, 0.4) is 0 Å². The van der Waals surface area contributed by atoms with Gasteiger partial charge in [-0.3, -0.25) is 9.80 Å². The van der Waals surface area contributed by atoms with Gasteiger partial charge in [0, 0.05) is 30.7 Å². The van der Waals surface area contributed by atoms with Gasteiger partial charge in [0.25, 0.3) is 0 Å². The molecular weight excluding hydrogens is 240 g/mol. The molecule has 0 saturated carbocycles. The molecule has 0 aromatic heterocycles. The van der Waals surface area contributed by atoms with Gasteiger partial charge in [-0.05, 0) is 54.4 Å². The number of piperazine rings is 1. The molecule has 0 aliphatic carbocycles. The molecule has 2 rings (SSSR count). The van der Waals surface area contributed by atoms with E-state index in [-0.39, 0.29) is 11.6 Å². The Bertz CT molecular complexity index is 340. The fourth-order valence-electron chi connectivity index (χ4n) is 3.06. The first-order chi connectivity index (χ1) is 8.58. The predicted molar refractivity (Wildman–Crippen MR) is 76.2 cm³/mol. The van der Waals surface area contributed by atoms with Gasteiger partial charge in [0.05, 0.1) is 0 Å². The molecule has 2 fully saturated rings. The number of nitrogens with zero attached hydrogens (tertiary/aromatic N) is 2. The second-order valence-electron chi connectivity index (χ2n) is 7.85. The lowest BCUT2D eigenvalue weighted by Crippen LogP contribution is -2.60. The van der Waals surface area contributed by atoms with Crippen LogP contribution in [-0.2, 0) is 4.74 Å². The highest BCUT2D eigenvalue weighted by Gasteiger charge is 2.46. The van der Waals surface area contributed by atoms with Crippen LogP contribution in [0.4, 0.5) is 4.79 Å². The first-order valence-electron chi connectivity index (χ1n) is 7.34. The Morgan fingerprint density at radius 1 is 1.00 bits per heavy atom. The van der Waals surface area contributed by atoms with Crippen molar-refractivity contribution in [3.05, 3.63) is 0 Å². The highest BCUT2D eigenvalue weighted by molar-refractivity contribution is 5.69. The molecule has 4 nitrogen and oxygen atoms in total. The molecule has 0 spiro atoms. The standard InChI is InChI=1S/C15H28N2O2/c1-14(2,3)16-9-11-7-8-12(10-16)17(11)13(18)19-15(4,5)6/h11-12H,7-10H2,1-6H3. The minimum Gasteiger partial charge on any atom is -0.444 e. The van der Waals surface area contributed by atoms with E-state index in [1.165, 1.54) is 0 Å². The zero-order valence-corrected chi connectivity index (χ0v) is 13.2. The molecule has 19 heavy (non-hydrogen) atoms. The van der Waals surface area contributed by atoms with Crippen LogP contribution in [0.2, 0.25) is 0 Å². The quantitative estimate of drug-likeness (QED) is 0.677. The monoisotopic (exact) mass is 268 g/mol. The van der Waals surface area contributed by atoms with Gasteiger partial charge in [-0.2, -0.15) is 0 Å². The molecule has 0 N–H and O–H groups in total. The Balaban J connectivity index is 2.05. The summed E-state index contributed by atoms with van der Waals surface area (Å²) < 4.78 is 5.55. The summed E-state index contributed by atoms with van der Waals surface area (Å²) >= 11 is 0. The number of ether oxygens (including phenoxy) is 1. The first kappa shape index (κ1) is 14.6. The minimum absolute atomic E-state index is 0.131. The summed E-state index contributed by atoms with van der Waals surface area (Å²) in [4.78, 5) is 16.8. The first-order valence-corrected chi connectivity index (χ1v) is 7.34. The van der Waals surface area contributed by atoms with Crippen LogP contribution in [-0.4, -0.2) is 52.2 Å². The summed E-state index contributed by atoms with van der Waals surface area (Å²) in [6, 6.07) is 0.653. The SMILES string of the molecule is CC(C)(C)OC(=O)N1C2CCC1CN(C(C)(C)C)C2. The largest absolute Gasteiger partial charge is 0.444 e. The van der Waals surface area contributed by atoms with E-state index >= 15 is 0 Å². The van der Waals surface area contributed by atoms with Crippen molar-refractivity contribution < 1.29 is 9.53 Å². The lowest BCUT2D eigenvalue weighted by Gasteiger charge is -2.46. The van der Waals surface area contributed by atoms with E-state index in [0.29, 0.717) is 12.1 Å². The predicted octanol–water partition coefficient (Wildman–Crippen LogP) is 2.87. The van der Waals surface area contributed by atoms with E-state index in [4.69, 9.17) is 4.74 Å². The van der Waals surface area contributed by atoms with Crippen LogP contribution < -0.4 is 0 Å². The van der Waals surface area contributed by atoms with Crippen LogP contribution >= 0.6 is 0 Å². The minimum atomic E-state index is -0.405. The summed E-state index contributed by atoms with van der Waals surface area (Å²) in [5, 5.41) is 0. The Morgan fingerprint density at radius 2 is 1.47 bits per heavy atom. The van der Waals surface area contributed by atoms with Crippen LogP contribution in [0, 0.1) is 0 Å². The molecule has 2 heterocycles. The average Bonchev–Trinajstić information content (AvgIpc) is 2.45.